The Labute approximate surface area is 145 Å². The second-order valence-electron chi connectivity index (χ2n) is 5.40. The van der Waals surface area contributed by atoms with Gasteiger partial charge in [0.2, 0.25) is 17.7 Å². The van der Waals surface area contributed by atoms with Gasteiger partial charge in [-0.25, -0.2) is 0 Å². The largest absolute Gasteiger partial charge is 0.346 e. The fourth-order valence-corrected chi connectivity index (χ4v) is 3.16. The molecule has 0 unspecified atom stereocenters. The monoisotopic (exact) mass is 350 g/mol. The van der Waals surface area contributed by atoms with Crippen molar-refractivity contribution in [3.05, 3.63) is 29.8 Å². The molecule has 0 spiro atoms. The first-order valence-corrected chi connectivity index (χ1v) is 8.95. The quantitative estimate of drug-likeness (QED) is 0.660. The molecule has 0 radical (unpaired) electrons. The third-order valence-corrected chi connectivity index (χ3v) is 4.53. The first-order valence-electron chi connectivity index (χ1n) is 7.79. The lowest BCUT2D eigenvalue weighted by molar-refractivity contribution is -0.130. The van der Waals surface area contributed by atoms with Crippen LogP contribution in [0, 0.1) is 0 Å². The number of amides is 3. The number of anilines is 1. The Kier molecular flexibility index (Phi) is 7.07. The van der Waals surface area contributed by atoms with Crippen molar-refractivity contribution >= 4 is 35.2 Å². The Morgan fingerprint density at radius 2 is 1.75 bits per heavy atom. The van der Waals surface area contributed by atoms with Gasteiger partial charge >= 0.3 is 0 Å². The predicted molar refractivity (Wildman–Crippen MR) is 94.7 cm³/mol. The van der Waals surface area contributed by atoms with Gasteiger partial charge in [0.25, 0.3) is 0 Å². The Hall–Kier alpha value is -2.06. The summed E-state index contributed by atoms with van der Waals surface area (Å²) < 4.78 is 0. The molecule has 1 fully saturated rings. The highest BCUT2D eigenvalue weighted by molar-refractivity contribution is 7.99. The molecular weight excluding hydrogens is 328 g/mol. The highest BCUT2D eigenvalue weighted by Crippen LogP contribution is 2.13. The van der Waals surface area contributed by atoms with Crippen LogP contribution in [0.5, 0.6) is 0 Å². The van der Waals surface area contributed by atoms with Crippen molar-refractivity contribution in [2.45, 2.75) is 6.42 Å². The summed E-state index contributed by atoms with van der Waals surface area (Å²) in [6.07, 6.45) is 0.367. The summed E-state index contributed by atoms with van der Waals surface area (Å²) >= 11 is 1.87. The second-order valence-corrected chi connectivity index (χ2v) is 6.62. The molecule has 130 valence electrons. The molecule has 0 atom stereocenters. The molecule has 0 saturated carbocycles. The van der Waals surface area contributed by atoms with Gasteiger partial charge in [0.1, 0.15) is 0 Å². The number of carbonyl (C=O) groups is 3. The van der Waals surface area contributed by atoms with Crippen LogP contribution in [0.2, 0.25) is 0 Å². The van der Waals surface area contributed by atoms with Crippen molar-refractivity contribution < 1.29 is 14.4 Å². The normalized spacial score (nSPS) is 14.1. The number of hydrogen-bond donors (Lipinski definition) is 3. The smallest absolute Gasteiger partial charge is 0.243 e. The Morgan fingerprint density at radius 1 is 1.08 bits per heavy atom. The zero-order valence-corrected chi connectivity index (χ0v) is 14.2. The van der Waals surface area contributed by atoms with E-state index in [1.165, 1.54) is 0 Å². The van der Waals surface area contributed by atoms with E-state index in [2.05, 4.69) is 10.6 Å². The van der Waals surface area contributed by atoms with Crippen LogP contribution in [0.1, 0.15) is 5.56 Å². The lowest BCUT2D eigenvalue weighted by Gasteiger charge is -2.26. The summed E-state index contributed by atoms with van der Waals surface area (Å²) in [5.74, 6) is 1.42. The molecule has 0 bridgehead atoms. The van der Waals surface area contributed by atoms with Gasteiger partial charge in [-0.2, -0.15) is 11.8 Å². The van der Waals surface area contributed by atoms with Gasteiger partial charge in [0.05, 0.1) is 19.5 Å². The van der Waals surface area contributed by atoms with Gasteiger partial charge < -0.3 is 21.3 Å². The van der Waals surface area contributed by atoms with Crippen LogP contribution in [-0.2, 0) is 20.8 Å². The molecule has 1 saturated heterocycles. The predicted octanol–water partition coefficient (Wildman–Crippen LogP) is -0.182. The summed E-state index contributed by atoms with van der Waals surface area (Å²) in [5, 5.41) is 5.07. The van der Waals surface area contributed by atoms with Gasteiger partial charge in [-0.1, -0.05) is 12.1 Å². The minimum absolute atomic E-state index is 0.122. The maximum atomic E-state index is 12.2. The van der Waals surface area contributed by atoms with E-state index in [1.807, 2.05) is 28.8 Å². The molecule has 24 heavy (non-hydrogen) atoms. The van der Waals surface area contributed by atoms with Gasteiger partial charge in [-0.15, -0.1) is 0 Å². The van der Waals surface area contributed by atoms with Crippen LogP contribution in [0.3, 0.4) is 0 Å². The summed E-state index contributed by atoms with van der Waals surface area (Å²) in [6.45, 7) is 1.35. The van der Waals surface area contributed by atoms with E-state index in [1.54, 1.807) is 12.1 Å². The van der Waals surface area contributed by atoms with E-state index in [9.17, 15) is 14.4 Å². The van der Waals surface area contributed by atoms with Crippen molar-refractivity contribution in [3.8, 4) is 0 Å². The van der Waals surface area contributed by atoms with E-state index < -0.39 is 0 Å². The average molecular weight is 350 g/mol. The Bertz CT molecular complexity index is 585. The highest BCUT2D eigenvalue weighted by Gasteiger charge is 2.16. The lowest BCUT2D eigenvalue weighted by atomic mass is 10.1. The number of nitrogens with two attached hydrogens (primary N) is 1. The topological polar surface area (TPSA) is 105 Å². The van der Waals surface area contributed by atoms with Gasteiger partial charge in [-0.3, -0.25) is 14.4 Å². The summed E-state index contributed by atoms with van der Waals surface area (Å²) in [6, 6.07) is 7.14. The number of hydrogen-bond acceptors (Lipinski definition) is 5. The first-order chi connectivity index (χ1) is 11.6. The Morgan fingerprint density at radius 3 is 2.38 bits per heavy atom. The minimum Gasteiger partial charge on any atom is -0.346 e. The van der Waals surface area contributed by atoms with E-state index in [0.717, 1.165) is 30.2 Å². The van der Waals surface area contributed by atoms with Crippen LogP contribution in [0.15, 0.2) is 24.3 Å². The Balaban J connectivity index is 1.80. The number of thioether (sulfide) groups is 1. The second kappa shape index (κ2) is 9.29. The summed E-state index contributed by atoms with van der Waals surface area (Å²) in [5.41, 5.74) is 6.67. The van der Waals surface area contributed by atoms with Crippen LogP contribution in [0.25, 0.3) is 0 Å². The first kappa shape index (κ1) is 18.3. The van der Waals surface area contributed by atoms with E-state index in [0.29, 0.717) is 12.1 Å². The van der Waals surface area contributed by atoms with Crippen molar-refractivity contribution in [1.29, 1.82) is 0 Å². The number of nitrogens with zero attached hydrogens (tertiary/aromatic N) is 1. The molecule has 3 amide bonds. The molecule has 1 aromatic carbocycles. The van der Waals surface area contributed by atoms with Crippen molar-refractivity contribution in [1.82, 2.24) is 10.2 Å². The van der Waals surface area contributed by atoms with E-state index in [-0.39, 0.29) is 30.8 Å². The molecule has 1 heterocycles. The molecule has 0 aromatic heterocycles. The number of nitrogens with one attached hydrogen (secondary N) is 2. The molecule has 1 aliphatic heterocycles. The maximum absolute atomic E-state index is 12.2. The van der Waals surface area contributed by atoms with Gasteiger partial charge in [-0.05, 0) is 17.7 Å². The highest BCUT2D eigenvalue weighted by atomic mass is 32.2. The third kappa shape index (κ3) is 5.86. The summed E-state index contributed by atoms with van der Waals surface area (Å²) in [7, 11) is 0. The maximum Gasteiger partial charge on any atom is 0.243 e. The molecule has 7 nitrogen and oxygen atoms in total. The third-order valence-electron chi connectivity index (χ3n) is 3.59. The standard InChI is InChI=1S/C16H22N4O3S/c17-10-14(21)18-11-15(22)19-13-3-1-12(2-4-13)9-16(23)20-5-7-24-8-6-20/h1-4H,5-11,17H2,(H,18,21)(H,19,22). The SMILES string of the molecule is NCC(=O)NCC(=O)Nc1ccc(CC(=O)N2CCSCC2)cc1. The number of benzene rings is 1. The zero-order valence-electron chi connectivity index (χ0n) is 13.4. The minimum atomic E-state index is -0.380. The number of carbonyl (C=O) groups excluding carboxylic acids is 3. The van der Waals surface area contributed by atoms with Crippen LogP contribution in [-0.4, -0.2) is 60.3 Å². The molecule has 2 rings (SSSR count). The lowest BCUT2D eigenvalue weighted by Crippen LogP contribution is -2.38. The van der Waals surface area contributed by atoms with Crippen LogP contribution < -0.4 is 16.4 Å². The average Bonchev–Trinajstić information content (AvgIpc) is 2.62. The molecule has 0 aliphatic carbocycles. The fourth-order valence-electron chi connectivity index (χ4n) is 2.26. The van der Waals surface area contributed by atoms with Gasteiger partial charge in [0, 0.05) is 30.3 Å². The zero-order chi connectivity index (χ0) is 17.4. The van der Waals surface area contributed by atoms with Crippen molar-refractivity contribution in [2.24, 2.45) is 5.73 Å². The van der Waals surface area contributed by atoms with E-state index >= 15 is 0 Å². The van der Waals surface area contributed by atoms with E-state index in [4.69, 9.17) is 5.73 Å². The van der Waals surface area contributed by atoms with Crippen LogP contribution in [0.4, 0.5) is 5.69 Å². The number of rotatable bonds is 6. The molecule has 1 aliphatic rings. The molecular formula is C16H22N4O3S. The molecule has 4 N–H and O–H groups in total. The fraction of sp³-hybridized carbons (Fsp3) is 0.438. The van der Waals surface area contributed by atoms with Gasteiger partial charge in [0.15, 0.2) is 0 Å². The van der Waals surface area contributed by atoms with Crippen molar-refractivity contribution in [2.75, 3.05) is 43.0 Å². The summed E-state index contributed by atoms with van der Waals surface area (Å²) in [4.78, 5) is 36.8. The molecule has 1 aromatic rings. The van der Waals surface area contributed by atoms with Crippen molar-refractivity contribution in [3.63, 3.8) is 0 Å². The molecule has 8 heteroatoms. The van der Waals surface area contributed by atoms with Crippen LogP contribution >= 0.6 is 11.8 Å².